The molecule has 0 unspecified atom stereocenters. The molecule has 1 aromatic carbocycles. The summed E-state index contributed by atoms with van der Waals surface area (Å²) in [6, 6.07) is 6.89. The molecule has 0 atom stereocenters. The maximum atomic E-state index is 10.9. The Morgan fingerprint density at radius 2 is 2.21 bits per heavy atom. The number of nitrogens with zero attached hydrogens (tertiary/aromatic N) is 3. The first-order valence-electron chi connectivity index (χ1n) is 6.08. The van der Waals surface area contributed by atoms with Crippen LogP contribution in [-0.4, -0.2) is 14.7 Å². The Morgan fingerprint density at radius 3 is 2.84 bits per heavy atom. The largest absolute Gasteiger partial charge is 0.273 e. The molecule has 5 nitrogen and oxygen atoms in total. The molecule has 1 aliphatic carbocycles. The zero-order chi connectivity index (χ0) is 13.4. The van der Waals surface area contributed by atoms with Crippen LogP contribution in [0.4, 0.5) is 5.69 Å². The van der Waals surface area contributed by atoms with Crippen molar-refractivity contribution in [3.63, 3.8) is 0 Å². The molecule has 1 fully saturated rings. The molecule has 2 aromatic rings. The number of nitro groups is 1. The summed E-state index contributed by atoms with van der Waals surface area (Å²) in [7, 11) is 0. The molecule has 0 bridgehead atoms. The number of halogens is 1. The lowest BCUT2D eigenvalue weighted by molar-refractivity contribution is -0.385. The summed E-state index contributed by atoms with van der Waals surface area (Å²) in [5.41, 5.74) is 2.44. The number of nitro benzene ring substituents is 1. The molecule has 1 saturated carbocycles. The normalized spacial score (nSPS) is 14.6. The second-order valence-corrected chi connectivity index (χ2v) is 4.93. The summed E-state index contributed by atoms with van der Waals surface area (Å²) in [5, 5.41) is 15.4. The van der Waals surface area contributed by atoms with E-state index in [0.29, 0.717) is 11.5 Å². The monoisotopic (exact) mass is 277 g/mol. The molecular formula is C13H12ClN3O2. The van der Waals surface area contributed by atoms with Crippen LogP contribution in [0.25, 0.3) is 5.69 Å². The molecule has 1 aliphatic rings. The van der Waals surface area contributed by atoms with Gasteiger partial charge in [0.2, 0.25) is 0 Å². The lowest BCUT2D eigenvalue weighted by Crippen LogP contribution is -1.99. The maximum absolute atomic E-state index is 10.9. The molecule has 0 aliphatic heterocycles. The number of rotatable bonds is 4. The number of benzene rings is 1. The minimum absolute atomic E-state index is 0.0494. The van der Waals surface area contributed by atoms with E-state index in [1.165, 1.54) is 18.9 Å². The van der Waals surface area contributed by atoms with Gasteiger partial charge in [-0.2, -0.15) is 5.10 Å². The van der Waals surface area contributed by atoms with Gasteiger partial charge < -0.3 is 0 Å². The van der Waals surface area contributed by atoms with Crippen LogP contribution in [0.2, 0.25) is 0 Å². The van der Waals surface area contributed by atoms with Gasteiger partial charge in [-0.3, -0.25) is 10.1 Å². The van der Waals surface area contributed by atoms with Crippen molar-refractivity contribution in [2.24, 2.45) is 0 Å². The van der Waals surface area contributed by atoms with Crippen molar-refractivity contribution in [1.82, 2.24) is 9.78 Å². The van der Waals surface area contributed by atoms with E-state index >= 15 is 0 Å². The zero-order valence-corrected chi connectivity index (χ0v) is 10.9. The number of hydrogen-bond acceptors (Lipinski definition) is 3. The van der Waals surface area contributed by atoms with Crippen molar-refractivity contribution in [3.8, 4) is 5.69 Å². The van der Waals surface area contributed by atoms with Crippen LogP contribution in [-0.2, 0) is 5.88 Å². The quantitative estimate of drug-likeness (QED) is 0.489. The Morgan fingerprint density at radius 1 is 1.42 bits per heavy atom. The van der Waals surface area contributed by atoms with Crippen molar-refractivity contribution in [2.45, 2.75) is 24.6 Å². The number of alkyl halides is 1. The predicted molar refractivity (Wildman–Crippen MR) is 71.8 cm³/mol. The van der Waals surface area contributed by atoms with Gasteiger partial charge in [0.1, 0.15) is 0 Å². The van der Waals surface area contributed by atoms with Gasteiger partial charge in [0.25, 0.3) is 5.69 Å². The van der Waals surface area contributed by atoms with E-state index in [0.717, 1.165) is 11.4 Å². The van der Waals surface area contributed by atoms with Crippen molar-refractivity contribution in [1.29, 1.82) is 0 Å². The number of hydrogen-bond donors (Lipinski definition) is 0. The third-order valence-corrected chi connectivity index (χ3v) is 3.56. The molecule has 0 spiro atoms. The first-order chi connectivity index (χ1) is 9.19. The van der Waals surface area contributed by atoms with Crippen molar-refractivity contribution >= 4 is 17.3 Å². The van der Waals surface area contributed by atoms with Gasteiger partial charge in [-0.15, -0.1) is 11.6 Å². The van der Waals surface area contributed by atoms with Gasteiger partial charge in [0.15, 0.2) is 0 Å². The molecule has 0 amide bonds. The fourth-order valence-electron chi connectivity index (χ4n) is 2.08. The molecule has 0 saturated heterocycles. The van der Waals surface area contributed by atoms with Crippen LogP contribution in [0.15, 0.2) is 30.5 Å². The molecule has 6 heteroatoms. The fraction of sp³-hybridized carbons (Fsp3) is 0.308. The van der Waals surface area contributed by atoms with Crippen LogP contribution in [0, 0.1) is 10.1 Å². The minimum atomic E-state index is -0.416. The first-order valence-corrected chi connectivity index (χ1v) is 6.61. The lowest BCUT2D eigenvalue weighted by atomic mass is 10.2. The highest BCUT2D eigenvalue weighted by Gasteiger charge is 2.26. The highest BCUT2D eigenvalue weighted by molar-refractivity contribution is 6.17. The molecule has 19 heavy (non-hydrogen) atoms. The van der Waals surface area contributed by atoms with Crippen molar-refractivity contribution in [2.75, 3.05) is 0 Å². The van der Waals surface area contributed by atoms with E-state index < -0.39 is 4.92 Å². The van der Waals surface area contributed by atoms with Gasteiger partial charge in [-0.05, 0) is 31.0 Å². The highest BCUT2D eigenvalue weighted by Crippen LogP contribution is 2.39. The average Bonchev–Trinajstić information content (AvgIpc) is 3.15. The molecule has 1 heterocycles. The smallest absolute Gasteiger partial charge is 0.258 e. The van der Waals surface area contributed by atoms with E-state index in [1.807, 2.05) is 12.3 Å². The van der Waals surface area contributed by atoms with Crippen LogP contribution in [0.1, 0.15) is 30.0 Å². The SMILES string of the molecule is O=[N+]([O-])c1ccc(-n2ccc(C3CC3)n2)cc1CCl. The maximum Gasteiger partial charge on any atom is 0.273 e. The molecule has 3 rings (SSSR count). The van der Waals surface area contributed by atoms with E-state index in [9.17, 15) is 10.1 Å². The van der Waals surface area contributed by atoms with E-state index in [4.69, 9.17) is 11.6 Å². The van der Waals surface area contributed by atoms with Crippen LogP contribution < -0.4 is 0 Å². The van der Waals surface area contributed by atoms with Crippen molar-refractivity contribution < 1.29 is 4.92 Å². The van der Waals surface area contributed by atoms with Gasteiger partial charge in [-0.1, -0.05) is 0 Å². The standard InChI is InChI=1S/C13H12ClN3O2/c14-8-10-7-11(3-4-13(10)17(18)19)16-6-5-12(15-16)9-1-2-9/h3-7,9H,1-2,8H2. The Labute approximate surface area is 115 Å². The third-order valence-electron chi connectivity index (χ3n) is 3.27. The van der Waals surface area contributed by atoms with Gasteiger partial charge >= 0.3 is 0 Å². The summed E-state index contributed by atoms with van der Waals surface area (Å²) in [6.07, 6.45) is 4.28. The molecule has 98 valence electrons. The number of aromatic nitrogens is 2. The van der Waals surface area contributed by atoms with Crippen LogP contribution >= 0.6 is 11.6 Å². The van der Waals surface area contributed by atoms with Gasteiger partial charge in [0, 0.05) is 23.7 Å². The summed E-state index contributed by atoms with van der Waals surface area (Å²) in [4.78, 5) is 10.4. The molecule has 0 radical (unpaired) electrons. The lowest BCUT2D eigenvalue weighted by Gasteiger charge is -2.04. The fourth-order valence-corrected chi connectivity index (χ4v) is 2.29. The van der Waals surface area contributed by atoms with E-state index in [2.05, 4.69) is 5.10 Å². The Kier molecular flexibility index (Phi) is 2.98. The van der Waals surface area contributed by atoms with Crippen LogP contribution in [0.5, 0.6) is 0 Å². The van der Waals surface area contributed by atoms with Crippen LogP contribution in [0.3, 0.4) is 0 Å². The Balaban J connectivity index is 1.97. The topological polar surface area (TPSA) is 61.0 Å². The molecule has 1 aromatic heterocycles. The third kappa shape index (κ3) is 2.33. The zero-order valence-electron chi connectivity index (χ0n) is 10.1. The average molecular weight is 278 g/mol. The molecule has 0 N–H and O–H groups in total. The summed E-state index contributed by atoms with van der Waals surface area (Å²) in [6.45, 7) is 0. The summed E-state index contributed by atoms with van der Waals surface area (Å²) >= 11 is 5.77. The molecular weight excluding hydrogens is 266 g/mol. The van der Waals surface area contributed by atoms with Crippen molar-refractivity contribution in [3.05, 3.63) is 51.8 Å². The second-order valence-electron chi connectivity index (χ2n) is 4.66. The first kappa shape index (κ1) is 12.2. The summed E-state index contributed by atoms with van der Waals surface area (Å²) < 4.78 is 1.74. The van der Waals surface area contributed by atoms with E-state index in [1.54, 1.807) is 16.8 Å². The van der Waals surface area contributed by atoms with Gasteiger partial charge in [-0.25, -0.2) is 4.68 Å². The predicted octanol–water partition coefficient (Wildman–Crippen LogP) is 3.40. The summed E-state index contributed by atoms with van der Waals surface area (Å²) in [5.74, 6) is 0.702. The second kappa shape index (κ2) is 4.66. The Hall–Kier alpha value is -1.88. The van der Waals surface area contributed by atoms with E-state index in [-0.39, 0.29) is 11.6 Å². The van der Waals surface area contributed by atoms with Gasteiger partial charge in [0.05, 0.1) is 22.2 Å². The highest BCUT2D eigenvalue weighted by atomic mass is 35.5. The Bertz CT molecular complexity index is 635. The minimum Gasteiger partial charge on any atom is -0.258 e.